The van der Waals surface area contributed by atoms with E-state index in [1.54, 1.807) is 12.3 Å². The minimum Gasteiger partial charge on any atom is -0.356 e. The van der Waals surface area contributed by atoms with E-state index in [2.05, 4.69) is 20.5 Å². The zero-order valence-corrected chi connectivity index (χ0v) is 17.3. The lowest BCUT2D eigenvalue weighted by Gasteiger charge is -2.29. The molecule has 1 saturated heterocycles. The van der Waals surface area contributed by atoms with Crippen LogP contribution in [0.1, 0.15) is 55.5 Å². The third kappa shape index (κ3) is 5.56. The first-order valence-corrected chi connectivity index (χ1v) is 10.5. The Morgan fingerprint density at radius 3 is 2.69 bits per heavy atom. The summed E-state index contributed by atoms with van der Waals surface area (Å²) in [5.74, 6) is 0.611. The van der Waals surface area contributed by atoms with Gasteiger partial charge in [-0.1, -0.05) is 26.0 Å². The third-order valence-corrected chi connectivity index (χ3v) is 5.39. The largest absolute Gasteiger partial charge is 0.356 e. The fourth-order valence-electron chi connectivity index (χ4n) is 3.42. The van der Waals surface area contributed by atoms with Crippen LogP contribution in [-0.2, 0) is 11.3 Å². The minimum absolute atomic E-state index is 0.00946. The van der Waals surface area contributed by atoms with Crippen molar-refractivity contribution in [2.45, 2.75) is 46.1 Å². The monoisotopic (exact) mass is 394 g/mol. The fourth-order valence-corrected chi connectivity index (χ4v) is 3.42. The molecule has 1 fully saturated rings. The highest BCUT2D eigenvalue weighted by atomic mass is 16.2. The lowest BCUT2D eigenvalue weighted by Crippen LogP contribution is -2.33. The minimum atomic E-state index is -0.132. The molecule has 2 amide bonds. The van der Waals surface area contributed by atoms with Gasteiger partial charge in [0, 0.05) is 37.4 Å². The second kappa shape index (κ2) is 10.0. The Morgan fingerprint density at radius 1 is 1.14 bits per heavy atom. The lowest BCUT2D eigenvalue weighted by molar-refractivity contribution is -0.119. The van der Waals surface area contributed by atoms with Gasteiger partial charge in [0.2, 0.25) is 5.91 Å². The van der Waals surface area contributed by atoms with Crippen molar-refractivity contribution in [3.8, 4) is 0 Å². The number of hydrogen-bond acceptors (Lipinski definition) is 4. The van der Waals surface area contributed by atoms with Crippen LogP contribution in [-0.4, -0.2) is 29.9 Å². The number of anilines is 2. The molecular weight excluding hydrogens is 364 g/mol. The first kappa shape index (κ1) is 20.8. The Bertz CT molecular complexity index is 846. The molecule has 29 heavy (non-hydrogen) atoms. The van der Waals surface area contributed by atoms with Crippen molar-refractivity contribution in [3.63, 3.8) is 0 Å². The first-order chi connectivity index (χ1) is 14.1. The number of carbonyl (C=O) groups excluding carboxylic acids is 2. The van der Waals surface area contributed by atoms with Gasteiger partial charge in [0.05, 0.1) is 5.56 Å². The molecule has 2 N–H and O–H groups in total. The smallest absolute Gasteiger partial charge is 0.255 e. The molecule has 0 radical (unpaired) electrons. The van der Waals surface area contributed by atoms with Gasteiger partial charge < -0.3 is 15.5 Å². The van der Waals surface area contributed by atoms with E-state index in [9.17, 15) is 9.59 Å². The predicted octanol–water partition coefficient (Wildman–Crippen LogP) is 3.99. The molecular formula is C23H30N4O2. The van der Waals surface area contributed by atoms with E-state index < -0.39 is 0 Å². The molecule has 2 aromatic rings. The van der Waals surface area contributed by atoms with Crippen LogP contribution in [0.5, 0.6) is 0 Å². The highest BCUT2D eigenvalue weighted by molar-refractivity contribution is 5.99. The summed E-state index contributed by atoms with van der Waals surface area (Å²) >= 11 is 0. The highest BCUT2D eigenvalue weighted by Crippen LogP contribution is 2.22. The summed E-state index contributed by atoms with van der Waals surface area (Å²) in [4.78, 5) is 31.6. The summed E-state index contributed by atoms with van der Waals surface area (Å²) in [6.45, 7) is 6.17. The lowest BCUT2D eigenvalue weighted by atomic mass is 10.1. The van der Waals surface area contributed by atoms with Gasteiger partial charge in [0.15, 0.2) is 0 Å². The maximum Gasteiger partial charge on any atom is 0.255 e. The number of nitrogens with zero attached hydrogens (tertiary/aromatic N) is 2. The maximum atomic E-state index is 12.8. The Morgan fingerprint density at radius 2 is 1.93 bits per heavy atom. The molecule has 6 nitrogen and oxygen atoms in total. The molecule has 3 rings (SSSR count). The van der Waals surface area contributed by atoms with E-state index in [0.29, 0.717) is 12.1 Å². The van der Waals surface area contributed by atoms with Crippen molar-refractivity contribution in [2.24, 2.45) is 5.92 Å². The van der Waals surface area contributed by atoms with Gasteiger partial charge >= 0.3 is 0 Å². The average Bonchev–Trinajstić information content (AvgIpc) is 2.77. The molecule has 2 heterocycles. The first-order valence-electron chi connectivity index (χ1n) is 10.5. The molecule has 1 aromatic heterocycles. The Labute approximate surface area is 172 Å². The topological polar surface area (TPSA) is 74.3 Å². The standard InChI is InChI=1S/C23H30N4O2/c1-3-17(2)22(28)26-19-10-7-9-18(15-19)16-25-23(29)20-11-8-12-24-21(20)27-13-5-4-6-14-27/h7-12,15,17H,3-6,13-14,16H2,1-2H3,(H,25,29)(H,26,28). The Balaban J connectivity index is 1.64. The number of hydrogen-bond donors (Lipinski definition) is 2. The van der Waals surface area contributed by atoms with Crippen LogP contribution < -0.4 is 15.5 Å². The summed E-state index contributed by atoms with van der Waals surface area (Å²) in [6.07, 6.45) is 6.03. The van der Waals surface area contributed by atoms with Crippen LogP contribution >= 0.6 is 0 Å². The number of nitrogens with one attached hydrogen (secondary N) is 2. The maximum absolute atomic E-state index is 12.8. The predicted molar refractivity (Wildman–Crippen MR) is 116 cm³/mol. The number of piperidine rings is 1. The number of carbonyl (C=O) groups is 2. The molecule has 1 aliphatic rings. The van der Waals surface area contributed by atoms with Crippen LogP contribution in [0.3, 0.4) is 0 Å². The van der Waals surface area contributed by atoms with Crippen LogP contribution in [0.15, 0.2) is 42.6 Å². The van der Waals surface area contributed by atoms with Crippen LogP contribution in [0.4, 0.5) is 11.5 Å². The van der Waals surface area contributed by atoms with Crippen molar-refractivity contribution >= 4 is 23.3 Å². The molecule has 6 heteroatoms. The molecule has 0 bridgehead atoms. The second-order valence-corrected chi connectivity index (χ2v) is 7.60. The zero-order valence-electron chi connectivity index (χ0n) is 17.3. The fraction of sp³-hybridized carbons (Fsp3) is 0.435. The number of benzene rings is 1. The van der Waals surface area contributed by atoms with E-state index in [-0.39, 0.29) is 17.7 Å². The van der Waals surface area contributed by atoms with Crippen LogP contribution in [0.2, 0.25) is 0 Å². The van der Waals surface area contributed by atoms with Gasteiger partial charge in [-0.3, -0.25) is 9.59 Å². The molecule has 0 saturated carbocycles. The molecule has 154 valence electrons. The van der Waals surface area contributed by atoms with Gasteiger partial charge in [-0.2, -0.15) is 0 Å². The quantitative estimate of drug-likeness (QED) is 0.745. The molecule has 1 atom stereocenters. The summed E-state index contributed by atoms with van der Waals surface area (Å²) < 4.78 is 0. The zero-order chi connectivity index (χ0) is 20.6. The van der Waals surface area contributed by atoms with E-state index in [4.69, 9.17) is 0 Å². The second-order valence-electron chi connectivity index (χ2n) is 7.60. The van der Waals surface area contributed by atoms with Gasteiger partial charge in [0.1, 0.15) is 5.82 Å². The SMILES string of the molecule is CCC(C)C(=O)Nc1cccc(CNC(=O)c2cccnc2N2CCCCC2)c1. The van der Waals surface area contributed by atoms with Gasteiger partial charge in [-0.25, -0.2) is 4.98 Å². The van der Waals surface area contributed by atoms with Crippen molar-refractivity contribution in [3.05, 3.63) is 53.7 Å². The molecule has 0 spiro atoms. The number of amides is 2. The molecule has 0 aliphatic carbocycles. The number of pyridine rings is 1. The van der Waals surface area contributed by atoms with E-state index in [0.717, 1.165) is 49.4 Å². The summed E-state index contributed by atoms with van der Waals surface area (Å²) in [6, 6.07) is 11.2. The van der Waals surface area contributed by atoms with Crippen molar-refractivity contribution < 1.29 is 9.59 Å². The number of rotatable bonds is 7. The summed E-state index contributed by atoms with van der Waals surface area (Å²) in [7, 11) is 0. The normalized spacial score (nSPS) is 14.9. The van der Waals surface area contributed by atoms with Crippen LogP contribution in [0.25, 0.3) is 0 Å². The average molecular weight is 395 g/mol. The van der Waals surface area contributed by atoms with E-state index >= 15 is 0 Å². The highest BCUT2D eigenvalue weighted by Gasteiger charge is 2.19. The summed E-state index contributed by atoms with van der Waals surface area (Å²) in [5, 5.41) is 5.93. The number of aromatic nitrogens is 1. The van der Waals surface area contributed by atoms with Gasteiger partial charge in [0.25, 0.3) is 5.91 Å². The van der Waals surface area contributed by atoms with Crippen molar-refractivity contribution in [2.75, 3.05) is 23.3 Å². The molecule has 1 unspecified atom stereocenters. The third-order valence-electron chi connectivity index (χ3n) is 5.39. The molecule has 1 aromatic carbocycles. The van der Waals surface area contributed by atoms with Gasteiger partial charge in [-0.15, -0.1) is 0 Å². The van der Waals surface area contributed by atoms with E-state index in [1.807, 2.05) is 44.2 Å². The van der Waals surface area contributed by atoms with Crippen LogP contribution in [0, 0.1) is 5.92 Å². The van der Waals surface area contributed by atoms with Crippen molar-refractivity contribution in [1.82, 2.24) is 10.3 Å². The Hall–Kier alpha value is -2.89. The summed E-state index contributed by atoms with van der Waals surface area (Å²) in [5.41, 5.74) is 2.29. The van der Waals surface area contributed by atoms with Gasteiger partial charge in [-0.05, 0) is 55.5 Å². The molecule has 1 aliphatic heterocycles. The Kier molecular flexibility index (Phi) is 7.22. The van der Waals surface area contributed by atoms with Crippen molar-refractivity contribution in [1.29, 1.82) is 0 Å². The van der Waals surface area contributed by atoms with E-state index in [1.165, 1.54) is 6.42 Å².